The van der Waals surface area contributed by atoms with Crippen LogP contribution in [0.15, 0.2) is 30.3 Å². The van der Waals surface area contributed by atoms with E-state index in [1.54, 1.807) is 13.0 Å². The van der Waals surface area contributed by atoms with Crippen LogP contribution in [0.1, 0.15) is 24.5 Å². The molecule has 0 saturated heterocycles. The molecule has 96 valence electrons. The molecule has 1 rings (SSSR count). The quantitative estimate of drug-likeness (QED) is 0.782. The number of amides is 1. The third-order valence-corrected chi connectivity index (χ3v) is 2.63. The second-order valence-electron chi connectivity index (χ2n) is 4.00. The summed E-state index contributed by atoms with van der Waals surface area (Å²) in [4.78, 5) is 22.3. The smallest absolute Gasteiger partial charge is 0.326 e. The number of carboxylic acids is 1. The van der Waals surface area contributed by atoms with Crippen molar-refractivity contribution < 1.29 is 14.7 Å². The average molecular weight is 247 g/mol. The SMILES string of the molecule is CCC(NC(=O)/C=C/c1ccccc1C)C(=O)O. The molecule has 0 aliphatic rings. The number of aliphatic carboxylic acids is 1. The molecule has 0 spiro atoms. The van der Waals surface area contributed by atoms with E-state index in [4.69, 9.17) is 5.11 Å². The summed E-state index contributed by atoms with van der Waals surface area (Å²) < 4.78 is 0. The molecular weight excluding hydrogens is 230 g/mol. The van der Waals surface area contributed by atoms with Crippen LogP contribution in [0.3, 0.4) is 0 Å². The van der Waals surface area contributed by atoms with E-state index in [2.05, 4.69) is 5.32 Å². The van der Waals surface area contributed by atoms with Crippen LogP contribution in [0.5, 0.6) is 0 Å². The molecule has 0 heterocycles. The van der Waals surface area contributed by atoms with Crippen LogP contribution in [-0.2, 0) is 9.59 Å². The monoisotopic (exact) mass is 247 g/mol. The first-order valence-electron chi connectivity index (χ1n) is 5.81. The van der Waals surface area contributed by atoms with Gasteiger partial charge in [0.25, 0.3) is 0 Å². The molecule has 1 unspecified atom stereocenters. The molecule has 0 aliphatic carbocycles. The Balaban J connectivity index is 2.65. The van der Waals surface area contributed by atoms with Gasteiger partial charge in [0.1, 0.15) is 6.04 Å². The van der Waals surface area contributed by atoms with Crippen LogP contribution < -0.4 is 5.32 Å². The minimum atomic E-state index is -1.02. The van der Waals surface area contributed by atoms with Crippen molar-refractivity contribution in [2.45, 2.75) is 26.3 Å². The van der Waals surface area contributed by atoms with Gasteiger partial charge in [0, 0.05) is 6.08 Å². The maximum Gasteiger partial charge on any atom is 0.326 e. The van der Waals surface area contributed by atoms with E-state index in [0.29, 0.717) is 6.42 Å². The Morgan fingerprint density at radius 1 is 1.39 bits per heavy atom. The number of carboxylic acid groups (broad SMARTS) is 1. The zero-order valence-corrected chi connectivity index (χ0v) is 10.5. The predicted octanol–water partition coefficient (Wildman–Crippen LogP) is 1.99. The molecule has 1 aromatic carbocycles. The summed E-state index contributed by atoms with van der Waals surface area (Å²) in [6.45, 7) is 3.66. The highest BCUT2D eigenvalue weighted by atomic mass is 16.4. The van der Waals surface area contributed by atoms with Crippen LogP contribution in [0.4, 0.5) is 0 Å². The zero-order chi connectivity index (χ0) is 13.5. The lowest BCUT2D eigenvalue weighted by Crippen LogP contribution is -2.39. The Morgan fingerprint density at radius 2 is 2.06 bits per heavy atom. The van der Waals surface area contributed by atoms with E-state index < -0.39 is 17.9 Å². The summed E-state index contributed by atoms with van der Waals surface area (Å²) in [5.41, 5.74) is 2.00. The van der Waals surface area contributed by atoms with Crippen LogP contribution in [0.2, 0.25) is 0 Å². The lowest BCUT2D eigenvalue weighted by Gasteiger charge is -2.09. The highest BCUT2D eigenvalue weighted by Gasteiger charge is 2.15. The van der Waals surface area contributed by atoms with Crippen LogP contribution in [0.25, 0.3) is 6.08 Å². The number of carbonyl (C=O) groups excluding carboxylic acids is 1. The summed E-state index contributed by atoms with van der Waals surface area (Å²) >= 11 is 0. The van der Waals surface area contributed by atoms with Crippen molar-refractivity contribution in [1.29, 1.82) is 0 Å². The maximum absolute atomic E-state index is 11.5. The Morgan fingerprint density at radius 3 is 2.61 bits per heavy atom. The molecular formula is C14H17NO3. The van der Waals surface area contributed by atoms with Gasteiger partial charge >= 0.3 is 5.97 Å². The molecule has 0 aliphatic heterocycles. The molecule has 18 heavy (non-hydrogen) atoms. The Bertz CT molecular complexity index is 466. The second kappa shape index (κ2) is 6.59. The molecule has 2 N–H and O–H groups in total. The molecule has 4 nitrogen and oxygen atoms in total. The number of rotatable bonds is 5. The largest absolute Gasteiger partial charge is 0.480 e. The fourth-order valence-electron chi connectivity index (χ4n) is 1.50. The van der Waals surface area contributed by atoms with E-state index in [1.165, 1.54) is 6.08 Å². The van der Waals surface area contributed by atoms with Crippen molar-refractivity contribution in [3.63, 3.8) is 0 Å². The van der Waals surface area contributed by atoms with E-state index in [-0.39, 0.29) is 0 Å². The fraction of sp³-hybridized carbons (Fsp3) is 0.286. The van der Waals surface area contributed by atoms with Crippen LogP contribution >= 0.6 is 0 Å². The Kier molecular flexibility index (Phi) is 5.11. The van der Waals surface area contributed by atoms with Crippen LogP contribution in [0, 0.1) is 6.92 Å². The first-order chi connectivity index (χ1) is 8.54. The molecule has 1 atom stereocenters. The highest BCUT2D eigenvalue weighted by Crippen LogP contribution is 2.08. The summed E-state index contributed by atoms with van der Waals surface area (Å²) in [5.74, 6) is -1.41. The van der Waals surface area contributed by atoms with Gasteiger partial charge < -0.3 is 10.4 Å². The fourth-order valence-corrected chi connectivity index (χ4v) is 1.50. The maximum atomic E-state index is 11.5. The van der Waals surface area contributed by atoms with Gasteiger partial charge in [0.15, 0.2) is 0 Å². The second-order valence-corrected chi connectivity index (χ2v) is 4.00. The third kappa shape index (κ3) is 4.05. The molecule has 1 amide bonds. The van der Waals surface area contributed by atoms with Gasteiger partial charge in [-0.15, -0.1) is 0 Å². The number of nitrogens with one attached hydrogen (secondary N) is 1. The van der Waals surface area contributed by atoms with Gasteiger partial charge in [-0.05, 0) is 30.5 Å². The number of carbonyl (C=O) groups is 2. The van der Waals surface area contributed by atoms with E-state index >= 15 is 0 Å². The van der Waals surface area contributed by atoms with E-state index in [0.717, 1.165) is 11.1 Å². The van der Waals surface area contributed by atoms with Gasteiger partial charge in [-0.25, -0.2) is 4.79 Å². The van der Waals surface area contributed by atoms with Gasteiger partial charge in [-0.1, -0.05) is 31.2 Å². The first kappa shape index (κ1) is 14.0. The van der Waals surface area contributed by atoms with Gasteiger partial charge in [-0.2, -0.15) is 0 Å². The minimum absolute atomic E-state index is 0.360. The summed E-state index contributed by atoms with van der Waals surface area (Å²) in [5, 5.41) is 11.2. The number of hydrogen-bond acceptors (Lipinski definition) is 2. The molecule has 0 saturated carbocycles. The summed E-state index contributed by atoms with van der Waals surface area (Å²) in [6.07, 6.45) is 3.40. The highest BCUT2D eigenvalue weighted by molar-refractivity contribution is 5.94. The Hall–Kier alpha value is -2.10. The third-order valence-electron chi connectivity index (χ3n) is 2.63. The van der Waals surface area contributed by atoms with Crippen molar-refractivity contribution in [2.24, 2.45) is 0 Å². The van der Waals surface area contributed by atoms with Crippen molar-refractivity contribution in [3.05, 3.63) is 41.5 Å². The van der Waals surface area contributed by atoms with Crippen molar-refractivity contribution >= 4 is 18.0 Å². The van der Waals surface area contributed by atoms with Crippen molar-refractivity contribution in [2.75, 3.05) is 0 Å². The number of aryl methyl sites for hydroxylation is 1. The van der Waals surface area contributed by atoms with Gasteiger partial charge in [0.2, 0.25) is 5.91 Å². The molecule has 0 bridgehead atoms. The van der Waals surface area contributed by atoms with Gasteiger partial charge in [0.05, 0.1) is 0 Å². The van der Waals surface area contributed by atoms with Gasteiger partial charge in [-0.3, -0.25) is 4.79 Å². The van der Waals surface area contributed by atoms with E-state index in [9.17, 15) is 9.59 Å². The molecule has 4 heteroatoms. The normalized spacial score (nSPS) is 12.3. The molecule has 0 radical (unpaired) electrons. The van der Waals surface area contributed by atoms with Crippen molar-refractivity contribution in [1.82, 2.24) is 5.32 Å². The predicted molar refractivity (Wildman–Crippen MR) is 70.1 cm³/mol. The molecule has 1 aromatic rings. The summed E-state index contributed by atoms with van der Waals surface area (Å²) in [6, 6.07) is 6.82. The minimum Gasteiger partial charge on any atom is -0.480 e. The standard InChI is InChI=1S/C14H17NO3/c1-3-12(14(17)18)15-13(16)9-8-11-7-5-4-6-10(11)2/h4-9,12H,3H2,1-2H3,(H,15,16)(H,17,18)/b9-8+. The number of hydrogen-bond donors (Lipinski definition) is 2. The van der Waals surface area contributed by atoms with Crippen molar-refractivity contribution in [3.8, 4) is 0 Å². The lowest BCUT2D eigenvalue weighted by atomic mass is 10.1. The van der Waals surface area contributed by atoms with E-state index in [1.807, 2.05) is 31.2 Å². The lowest BCUT2D eigenvalue weighted by molar-refractivity contribution is -0.141. The zero-order valence-electron chi connectivity index (χ0n) is 10.5. The molecule has 0 fully saturated rings. The summed E-state index contributed by atoms with van der Waals surface area (Å²) in [7, 11) is 0. The first-order valence-corrected chi connectivity index (χ1v) is 5.81. The Labute approximate surface area is 106 Å². The molecule has 0 aromatic heterocycles. The number of benzene rings is 1. The van der Waals surface area contributed by atoms with Crippen LogP contribution in [-0.4, -0.2) is 23.0 Å². The topological polar surface area (TPSA) is 66.4 Å². The average Bonchev–Trinajstić information content (AvgIpc) is 2.34.